The number of hydrogen-bond acceptors (Lipinski definition) is 3. The van der Waals surface area contributed by atoms with Gasteiger partial charge in [0.05, 0.1) is 6.54 Å². The molecule has 0 bridgehead atoms. The lowest BCUT2D eigenvalue weighted by Gasteiger charge is -2.38. The van der Waals surface area contributed by atoms with E-state index in [1.54, 1.807) is 4.90 Å². The second-order valence-electron chi connectivity index (χ2n) is 4.07. The van der Waals surface area contributed by atoms with Gasteiger partial charge in [0.2, 0.25) is 5.91 Å². The van der Waals surface area contributed by atoms with Crippen LogP contribution in [0.15, 0.2) is 30.3 Å². The summed E-state index contributed by atoms with van der Waals surface area (Å²) in [5, 5.41) is 11.9. The Morgan fingerprint density at radius 2 is 2.06 bits per heavy atom. The smallest absolute Gasteiger partial charge is 0.241 e. The van der Waals surface area contributed by atoms with Crippen molar-refractivity contribution in [2.75, 3.05) is 31.6 Å². The maximum atomic E-state index is 11.6. The SMILES string of the molecule is O=C(CNc1ccccc1)N1CC(CO)C1. The lowest BCUT2D eigenvalue weighted by atomic mass is 10.0. The van der Waals surface area contributed by atoms with Crippen LogP contribution >= 0.6 is 0 Å². The second kappa shape index (κ2) is 4.99. The molecule has 1 aromatic rings. The van der Waals surface area contributed by atoms with Crippen LogP contribution in [0.1, 0.15) is 0 Å². The Kier molecular flexibility index (Phi) is 3.41. The standard InChI is InChI=1S/C12H16N2O2/c15-9-10-7-14(8-10)12(16)6-13-11-4-2-1-3-5-11/h1-5,10,13,15H,6-9H2. The molecule has 86 valence electrons. The highest BCUT2D eigenvalue weighted by molar-refractivity contribution is 5.81. The van der Waals surface area contributed by atoms with Gasteiger partial charge in [-0.15, -0.1) is 0 Å². The van der Waals surface area contributed by atoms with Crippen molar-refractivity contribution < 1.29 is 9.90 Å². The number of likely N-dealkylation sites (tertiary alicyclic amines) is 1. The quantitative estimate of drug-likeness (QED) is 0.779. The fourth-order valence-electron chi connectivity index (χ4n) is 1.73. The molecule has 1 aliphatic rings. The maximum Gasteiger partial charge on any atom is 0.241 e. The molecule has 2 rings (SSSR count). The Morgan fingerprint density at radius 1 is 1.38 bits per heavy atom. The molecule has 0 unspecified atom stereocenters. The number of aliphatic hydroxyl groups is 1. The van der Waals surface area contributed by atoms with Crippen molar-refractivity contribution in [3.8, 4) is 0 Å². The van der Waals surface area contributed by atoms with Gasteiger partial charge >= 0.3 is 0 Å². The number of nitrogens with one attached hydrogen (secondary N) is 1. The molecule has 1 heterocycles. The molecule has 4 heteroatoms. The van der Waals surface area contributed by atoms with Crippen LogP contribution in [-0.4, -0.2) is 42.2 Å². The van der Waals surface area contributed by atoms with Crippen LogP contribution in [0.3, 0.4) is 0 Å². The molecular formula is C12H16N2O2. The summed E-state index contributed by atoms with van der Waals surface area (Å²) in [6.45, 7) is 1.87. The van der Waals surface area contributed by atoms with Crippen molar-refractivity contribution >= 4 is 11.6 Å². The van der Waals surface area contributed by atoms with E-state index in [1.807, 2.05) is 30.3 Å². The van der Waals surface area contributed by atoms with Gasteiger partial charge in [0.15, 0.2) is 0 Å². The average Bonchev–Trinajstić information content (AvgIpc) is 2.26. The highest BCUT2D eigenvalue weighted by Gasteiger charge is 2.29. The highest BCUT2D eigenvalue weighted by atomic mass is 16.3. The van der Waals surface area contributed by atoms with Gasteiger partial charge in [-0.1, -0.05) is 18.2 Å². The largest absolute Gasteiger partial charge is 0.396 e. The predicted molar refractivity (Wildman–Crippen MR) is 62.1 cm³/mol. The van der Waals surface area contributed by atoms with Gasteiger partial charge in [-0.05, 0) is 12.1 Å². The van der Waals surface area contributed by atoms with E-state index in [0.29, 0.717) is 19.6 Å². The summed E-state index contributed by atoms with van der Waals surface area (Å²) in [7, 11) is 0. The van der Waals surface area contributed by atoms with Crippen molar-refractivity contribution in [3.05, 3.63) is 30.3 Å². The van der Waals surface area contributed by atoms with Gasteiger partial charge in [0, 0.05) is 31.3 Å². The van der Waals surface area contributed by atoms with Gasteiger partial charge in [-0.25, -0.2) is 0 Å². The summed E-state index contributed by atoms with van der Waals surface area (Å²) >= 11 is 0. The number of anilines is 1. The van der Waals surface area contributed by atoms with Crippen LogP contribution < -0.4 is 5.32 Å². The molecule has 1 aromatic carbocycles. The molecule has 1 fully saturated rings. The number of rotatable bonds is 4. The monoisotopic (exact) mass is 220 g/mol. The molecule has 4 nitrogen and oxygen atoms in total. The first-order valence-electron chi connectivity index (χ1n) is 5.47. The summed E-state index contributed by atoms with van der Waals surface area (Å²) in [6.07, 6.45) is 0. The molecule has 0 saturated carbocycles. The van der Waals surface area contributed by atoms with Crippen molar-refractivity contribution in [1.82, 2.24) is 4.90 Å². The third-order valence-electron chi connectivity index (χ3n) is 2.79. The van der Waals surface area contributed by atoms with Gasteiger partial charge in [-0.3, -0.25) is 4.79 Å². The third-order valence-corrected chi connectivity index (χ3v) is 2.79. The summed E-state index contributed by atoms with van der Waals surface area (Å²) in [5.41, 5.74) is 0.954. The molecule has 1 saturated heterocycles. The van der Waals surface area contributed by atoms with E-state index in [1.165, 1.54) is 0 Å². The van der Waals surface area contributed by atoms with E-state index < -0.39 is 0 Å². The van der Waals surface area contributed by atoms with Crippen LogP contribution in [0.2, 0.25) is 0 Å². The molecule has 0 aliphatic carbocycles. The van der Waals surface area contributed by atoms with E-state index in [4.69, 9.17) is 5.11 Å². The zero-order valence-corrected chi connectivity index (χ0v) is 9.10. The van der Waals surface area contributed by atoms with Crippen molar-refractivity contribution in [1.29, 1.82) is 0 Å². The van der Waals surface area contributed by atoms with Crippen LogP contribution in [0.4, 0.5) is 5.69 Å². The van der Waals surface area contributed by atoms with E-state index in [2.05, 4.69) is 5.32 Å². The Labute approximate surface area is 94.9 Å². The maximum absolute atomic E-state index is 11.6. The second-order valence-corrected chi connectivity index (χ2v) is 4.07. The van der Waals surface area contributed by atoms with E-state index >= 15 is 0 Å². The fraction of sp³-hybridized carbons (Fsp3) is 0.417. The molecule has 2 N–H and O–H groups in total. The zero-order chi connectivity index (χ0) is 11.4. The number of carbonyl (C=O) groups excluding carboxylic acids is 1. The molecule has 0 aromatic heterocycles. The summed E-state index contributed by atoms with van der Waals surface area (Å²) < 4.78 is 0. The summed E-state index contributed by atoms with van der Waals surface area (Å²) in [6, 6.07) is 9.66. The molecule has 1 amide bonds. The number of aliphatic hydroxyl groups excluding tert-OH is 1. The van der Waals surface area contributed by atoms with Crippen LogP contribution in [0, 0.1) is 5.92 Å². The molecule has 0 spiro atoms. The molecular weight excluding hydrogens is 204 g/mol. The summed E-state index contributed by atoms with van der Waals surface area (Å²) in [5.74, 6) is 0.370. The lowest BCUT2D eigenvalue weighted by molar-refractivity contribution is -0.136. The Bertz CT molecular complexity index is 347. The number of para-hydroxylation sites is 1. The van der Waals surface area contributed by atoms with Crippen molar-refractivity contribution in [2.24, 2.45) is 5.92 Å². The minimum absolute atomic E-state index is 0.0913. The Hall–Kier alpha value is -1.55. The predicted octanol–water partition coefficient (Wildman–Crippen LogP) is 0.549. The van der Waals surface area contributed by atoms with Gasteiger partial charge < -0.3 is 15.3 Å². The third kappa shape index (κ3) is 2.52. The highest BCUT2D eigenvalue weighted by Crippen LogP contribution is 2.14. The van der Waals surface area contributed by atoms with Gasteiger partial charge in [0.25, 0.3) is 0 Å². The number of amides is 1. The lowest BCUT2D eigenvalue weighted by Crippen LogP contribution is -2.52. The molecule has 0 radical (unpaired) electrons. The topological polar surface area (TPSA) is 52.6 Å². The summed E-state index contributed by atoms with van der Waals surface area (Å²) in [4.78, 5) is 13.4. The number of hydrogen-bond donors (Lipinski definition) is 2. The van der Waals surface area contributed by atoms with E-state index in [0.717, 1.165) is 5.69 Å². The zero-order valence-electron chi connectivity index (χ0n) is 9.10. The first-order valence-corrected chi connectivity index (χ1v) is 5.47. The van der Waals surface area contributed by atoms with Gasteiger partial charge in [0.1, 0.15) is 0 Å². The van der Waals surface area contributed by atoms with Crippen LogP contribution in [0.25, 0.3) is 0 Å². The van der Waals surface area contributed by atoms with Crippen molar-refractivity contribution in [3.63, 3.8) is 0 Å². The normalized spacial score (nSPS) is 15.7. The van der Waals surface area contributed by atoms with Crippen LogP contribution in [-0.2, 0) is 4.79 Å². The van der Waals surface area contributed by atoms with Crippen LogP contribution in [0.5, 0.6) is 0 Å². The van der Waals surface area contributed by atoms with E-state index in [-0.39, 0.29) is 18.4 Å². The minimum atomic E-state index is 0.0913. The number of nitrogens with zero attached hydrogens (tertiary/aromatic N) is 1. The Balaban J connectivity index is 1.73. The van der Waals surface area contributed by atoms with Gasteiger partial charge in [-0.2, -0.15) is 0 Å². The first kappa shape index (κ1) is 11.0. The molecule has 0 atom stereocenters. The minimum Gasteiger partial charge on any atom is -0.396 e. The fourth-order valence-corrected chi connectivity index (χ4v) is 1.73. The average molecular weight is 220 g/mol. The molecule has 1 aliphatic heterocycles. The first-order chi connectivity index (χ1) is 7.79. The Morgan fingerprint density at radius 3 is 2.69 bits per heavy atom. The number of carbonyl (C=O) groups is 1. The van der Waals surface area contributed by atoms with E-state index in [9.17, 15) is 4.79 Å². The molecule has 16 heavy (non-hydrogen) atoms. The van der Waals surface area contributed by atoms with Crippen molar-refractivity contribution in [2.45, 2.75) is 0 Å². The number of benzene rings is 1.